The summed E-state index contributed by atoms with van der Waals surface area (Å²) in [4.78, 5) is 29.3. The summed E-state index contributed by atoms with van der Waals surface area (Å²) in [6.07, 6.45) is 0.121. The SMILES string of the molecule is Cc1ccc(S(=O)(=O)N(CC(=O)N(Cc2ccccc2F)C(Cc2ccccc2)C(=O)NC(C)C)c2ccccc2Cl)cc1. The standard InChI is InChI=1S/C34H35ClFN3O4S/c1-24(2)37-34(41)32(21-26-11-5-4-6-12-26)38(22-27-13-7-9-15-30(27)36)33(40)23-39(31-16-10-8-14-29(31)35)44(42,43)28-19-17-25(3)18-20-28/h4-20,24,32H,21-23H2,1-3H3,(H,37,41). The highest BCUT2D eigenvalue weighted by molar-refractivity contribution is 7.92. The van der Waals surface area contributed by atoms with Crippen molar-refractivity contribution >= 4 is 39.1 Å². The van der Waals surface area contributed by atoms with Crippen molar-refractivity contribution in [3.8, 4) is 0 Å². The quantitative estimate of drug-likeness (QED) is 0.202. The maximum absolute atomic E-state index is 15.0. The Morgan fingerprint density at radius 3 is 2.11 bits per heavy atom. The Hall–Kier alpha value is -4.21. The van der Waals surface area contributed by atoms with E-state index >= 15 is 0 Å². The predicted molar refractivity (Wildman–Crippen MR) is 171 cm³/mol. The van der Waals surface area contributed by atoms with Crippen molar-refractivity contribution in [2.24, 2.45) is 0 Å². The van der Waals surface area contributed by atoms with Crippen LogP contribution in [0.25, 0.3) is 0 Å². The van der Waals surface area contributed by atoms with Gasteiger partial charge in [0.1, 0.15) is 18.4 Å². The van der Waals surface area contributed by atoms with Crippen LogP contribution in [0.3, 0.4) is 0 Å². The Labute approximate surface area is 263 Å². The Kier molecular flexibility index (Phi) is 10.8. The zero-order chi connectivity index (χ0) is 31.9. The van der Waals surface area contributed by atoms with E-state index in [0.29, 0.717) is 0 Å². The van der Waals surface area contributed by atoms with E-state index in [1.807, 2.05) is 37.3 Å². The van der Waals surface area contributed by atoms with E-state index in [0.717, 1.165) is 15.4 Å². The highest BCUT2D eigenvalue weighted by Crippen LogP contribution is 2.31. The lowest BCUT2D eigenvalue weighted by molar-refractivity contribution is -0.140. The molecule has 0 heterocycles. The van der Waals surface area contributed by atoms with Gasteiger partial charge in [-0.25, -0.2) is 12.8 Å². The highest BCUT2D eigenvalue weighted by Gasteiger charge is 2.35. The molecule has 0 saturated heterocycles. The molecule has 1 unspecified atom stereocenters. The van der Waals surface area contributed by atoms with Gasteiger partial charge in [0, 0.05) is 24.6 Å². The van der Waals surface area contributed by atoms with Crippen LogP contribution in [0.2, 0.25) is 5.02 Å². The first-order chi connectivity index (χ1) is 21.0. The van der Waals surface area contributed by atoms with Gasteiger partial charge >= 0.3 is 0 Å². The number of anilines is 1. The van der Waals surface area contributed by atoms with Gasteiger partial charge in [0.25, 0.3) is 10.0 Å². The predicted octanol–water partition coefficient (Wildman–Crippen LogP) is 6.15. The summed E-state index contributed by atoms with van der Waals surface area (Å²) in [5, 5.41) is 3.00. The Bertz CT molecular complexity index is 1700. The fourth-order valence-corrected chi connectivity index (χ4v) is 6.47. The van der Waals surface area contributed by atoms with Crippen molar-refractivity contribution in [3.63, 3.8) is 0 Å². The smallest absolute Gasteiger partial charge is 0.264 e. The molecule has 0 radical (unpaired) electrons. The van der Waals surface area contributed by atoms with Crippen LogP contribution in [-0.4, -0.2) is 43.8 Å². The Balaban J connectivity index is 1.82. The van der Waals surface area contributed by atoms with Gasteiger partial charge in [-0.15, -0.1) is 0 Å². The number of hydrogen-bond donors (Lipinski definition) is 1. The average molecular weight is 636 g/mol. The van der Waals surface area contributed by atoms with Gasteiger partial charge in [-0.1, -0.05) is 90.0 Å². The summed E-state index contributed by atoms with van der Waals surface area (Å²) < 4.78 is 44.0. The second-order valence-electron chi connectivity index (χ2n) is 10.8. The second-order valence-corrected chi connectivity index (χ2v) is 13.0. The fraction of sp³-hybridized carbons (Fsp3) is 0.235. The third kappa shape index (κ3) is 8.03. The lowest BCUT2D eigenvalue weighted by atomic mass is 10.0. The van der Waals surface area contributed by atoms with Gasteiger partial charge in [-0.05, 0) is 56.7 Å². The van der Waals surface area contributed by atoms with Crippen LogP contribution in [0.5, 0.6) is 0 Å². The molecule has 0 aliphatic carbocycles. The first-order valence-electron chi connectivity index (χ1n) is 14.2. The maximum atomic E-state index is 15.0. The van der Waals surface area contributed by atoms with Gasteiger partial charge in [0.15, 0.2) is 0 Å². The summed E-state index contributed by atoms with van der Waals surface area (Å²) in [6.45, 7) is 4.48. The van der Waals surface area contributed by atoms with Gasteiger partial charge < -0.3 is 10.2 Å². The first-order valence-corrected chi connectivity index (χ1v) is 16.0. The number of carbonyl (C=O) groups excluding carboxylic acids is 2. The molecule has 0 aromatic heterocycles. The second kappa shape index (κ2) is 14.5. The van der Waals surface area contributed by atoms with Gasteiger partial charge in [-0.3, -0.25) is 13.9 Å². The summed E-state index contributed by atoms with van der Waals surface area (Å²) >= 11 is 6.48. The van der Waals surface area contributed by atoms with Crippen molar-refractivity contribution < 1.29 is 22.4 Å². The Morgan fingerprint density at radius 1 is 0.864 bits per heavy atom. The van der Waals surface area contributed by atoms with Crippen molar-refractivity contribution in [2.75, 3.05) is 10.8 Å². The maximum Gasteiger partial charge on any atom is 0.264 e. The molecule has 44 heavy (non-hydrogen) atoms. The van der Waals surface area contributed by atoms with Crippen LogP contribution >= 0.6 is 11.6 Å². The molecule has 1 N–H and O–H groups in total. The molecular weight excluding hydrogens is 601 g/mol. The largest absolute Gasteiger partial charge is 0.352 e. The number of nitrogens with zero attached hydrogens (tertiary/aromatic N) is 2. The third-order valence-corrected chi connectivity index (χ3v) is 9.10. The van der Waals surface area contributed by atoms with Crippen LogP contribution in [0.4, 0.5) is 10.1 Å². The van der Waals surface area contributed by atoms with Gasteiger partial charge in [-0.2, -0.15) is 0 Å². The molecule has 10 heteroatoms. The molecule has 0 aliphatic heterocycles. The number of carbonyl (C=O) groups is 2. The molecule has 0 bridgehead atoms. The molecular formula is C34H35ClFN3O4S. The molecule has 7 nitrogen and oxygen atoms in total. The van der Waals surface area contributed by atoms with E-state index in [2.05, 4.69) is 5.32 Å². The number of benzene rings is 4. The number of sulfonamides is 1. The summed E-state index contributed by atoms with van der Waals surface area (Å²) in [7, 11) is -4.30. The minimum Gasteiger partial charge on any atom is -0.352 e. The average Bonchev–Trinajstić information content (AvgIpc) is 2.99. The number of aryl methyl sites for hydroxylation is 1. The number of hydrogen-bond acceptors (Lipinski definition) is 4. The molecule has 1 atom stereocenters. The number of halogens is 2. The summed E-state index contributed by atoms with van der Waals surface area (Å²) in [6, 6.07) is 26.4. The van der Waals surface area contributed by atoms with Crippen LogP contribution in [0, 0.1) is 12.7 Å². The zero-order valence-electron chi connectivity index (χ0n) is 24.8. The van der Waals surface area contributed by atoms with E-state index < -0.39 is 40.2 Å². The van der Waals surface area contributed by atoms with E-state index in [9.17, 15) is 22.4 Å². The van der Waals surface area contributed by atoms with E-state index in [4.69, 9.17) is 11.6 Å². The lowest BCUT2D eigenvalue weighted by Crippen LogP contribution is -2.54. The number of amides is 2. The van der Waals surface area contributed by atoms with E-state index in [1.165, 1.54) is 47.4 Å². The topological polar surface area (TPSA) is 86.8 Å². The first kappa shape index (κ1) is 32.7. The zero-order valence-corrected chi connectivity index (χ0v) is 26.4. The van der Waals surface area contributed by atoms with Gasteiger partial charge in [0.2, 0.25) is 11.8 Å². The van der Waals surface area contributed by atoms with Crippen molar-refractivity contribution in [1.29, 1.82) is 0 Å². The molecule has 2 amide bonds. The van der Waals surface area contributed by atoms with Crippen LogP contribution in [0.15, 0.2) is 108 Å². The lowest BCUT2D eigenvalue weighted by Gasteiger charge is -2.34. The molecule has 0 saturated carbocycles. The summed E-state index contributed by atoms with van der Waals surface area (Å²) in [5.74, 6) is -1.70. The monoisotopic (exact) mass is 635 g/mol. The van der Waals surface area contributed by atoms with E-state index in [-0.39, 0.29) is 40.2 Å². The normalized spacial score (nSPS) is 12.0. The van der Waals surface area contributed by atoms with Crippen LogP contribution < -0.4 is 9.62 Å². The third-order valence-electron chi connectivity index (χ3n) is 7.01. The fourth-order valence-electron chi connectivity index (χ4n) is 4.75. The molecule has 0 spiro atoms. The highest BCUT2D eigenvalue weighted by atomic mass is 35.5. The van der Waals surface area contributed by atoms with Crippen molar-refractivity contribution in [1.82, 2.24) is 10.2 Å². The minimum absolute atomic E-state index is 0.0325. The molecule has 0 fully saturated rings. The number of nitrogens with one attached hydrogen (secondary N) is 1. The Morgan fingerprint density at radius 2 is 1.48 bits per heavy atom. The molecule has 4 aromatic rings. The molecule has 0 aliphatic rings. The van der Waals surface area contributed by atoms with Crippen LogP contribution in [0.1, 0.15) is 30.5 Å². The van der Waals surface area contributed by atoms with E-state index in [1.54, 1.807) is 44.2 Å². The molecule has 4 rings (SSSR count). The number of para-hydroxylation sites is 1. The van der Waals surface area contributed by atoms with Crippen LogP contribution in [-0.2, 0) is 32.6 Å². The number of rotatable bonds is 12. The molecule has 230 valence electrons. The van der Waals surface area contributed by atoms with Crippen molar-refractivity contribution in [2.45, 2.75) is 50.7 Å². The molecule has 4 aromatic carbocycles. The van der Waals surface area contributed by atoms with Gasteiger partial charge in [0.05, 0.1) is 15.6 Å². The minimum atomic E-state index is -4.30. The summed E-state index contributed by atoms with van der Waals surface area (Å²) in [5.41, 5.74) is 1.92. The van der Waals surface area contributed by atoms with Crippen molar-refractivity contribution in [3.05, 3.63) is 131 Å².